The molecule has 5 nitrogen and oxygen atoms in total. The van der Waals surface area contributed by atoms with Crippen molar-refractivity contribution in [2.45, 2.75) is 13.0 Å². The molecule has 0 aromatic carbocycles. The van der Waals surface area contributed by atoms with Gasteiger partial charge in [-0.25, -0.2) is 6.57 Å². The first-order chi connectivity index (χ1) is 6.59. The minimum Gasteiger partial charge on any atom is -0.480 e. The fourth-order valence-electron chi connectivity index (χ4n) is 0.424. The number of carbonyl (C=O) groups is 1. The molecular formula is C9H13N3O2. The Hall–Kier alpha value is -1.85. The molecule has 0 aromatic heterocycles. The second-order valence-electron chi connectivity index (χ2n) is 2.23. The number of aliphatic carboxylic acids is 1. The van der Waals surface area contributed by atoms with E-state index < -0.39 is 12.0 Å². The van der Waals surface area contributed by atoms with Crippen LogP contribution in [0.15, 0.2) is 12.7 Å². The van der Waals surface area contributed by atoms with Gasteiger partial charge in [-0.3, -0.25) is 10.1 Å². The van der Waals surface area contributed by atoms with Crippen LogP contribution in [-0.4, -0.2) is 30.2 Å². The standard InChI is InChI=1S/C6H10N2O2.C3H3N/c1-5(6(9)10)8-4-3-7-2;1-2-3-4/h5,8H,3-4H2,1H3,(H,9,10);2H,1H2. The van der Waals surface area contributed by atoms with Crippen molar-refractivity contribution in [2.24, 2.45) is 0 Å². The van der Waals surface area contributed by atoms with E-state index in [9.17, 15) is 4.79 Å². The molecule has 0 amide bonds. The van der Waals surface area contributed by atoms with Gasteiger partial charge in [0.2, 0.25) is 6.54 Å². The third-order valence-corrected chi connectivity index (χ3v) is 1.14. The molecule has 5 heteroatoms. The summed E-state index contributed by atoms with van der Waals surface area (Å²) in [6.45, 7) is 11.8. The number of nitrogens with one attached hydrogen (secondary N) is 1. The van der Waals surface area contributed by atoms with Gasteiger partial charge in [0.05, 0.1) is 12.6 Å². The monoisotopic (exact) mass is 195 g/mol. The average molecular weight is 195 g/mol. The largest absolute Gasteiger partial charge is 0.480 e. The van der Waals surface area contributed by atoms with Gasteiger partial charge in [0, 0.05) is 6.08 Å². The molecule has 0 aliphatic carbocycles. The van der Waals surface area contributed by atoms with Crippen LogP contribution in [0.25, 0.3) is 4.85 Å². The van der Waals surface area contributed by atoms with Crippen molar-refractivity contribution >= 4 is 5.97 Å². The van der Waals surface area contributed by atoms with Crippen LogP contribution in [0.3, 0.4) is 0 Å². The Balaban J connectivity index is 0. The number of hydrogen-bond acceptors (Lipinski definition) is 3. The lowest BCUT2D eigenvalue weighted by Crippen LogP contribution is -2.35. The van der Waals surface area contributed by atoms with Crippen molar-refractivity contribution in [3.63, 3.8) is 0 Å². The van der Waals surface area contributed by atoms with Crippen LogP contribution in [-0.2, 0) is 4.79 Å². The van der Waals surface area contributed by atoms with Gasteiger partial charge in [-0.2, -0.15) is 5.26 Å². The van der Waals surface area contributed by atoms with Gasteiger partial charge in [-0.05, 0) is 6.92 Å². The van der Waals surface area contributed by atoms with E-state index in [0.717, 1.165) is 0 Å². The topological polar surface area (TPSA) is 77.5 Å². The molecule has 76 valence electrons. The van der Waals surface area contributed by atoms with Crippen LogP contribution in [0.4, 0.5) is 0 Å². The smallest absolute Gasteiger partial charge is 0.320 e. The maximum Gasteiger partial charge on any atom is 0.320 e. The van der Waals surface area contributed by atoms with Gasteiger partial charge in [0.1, 0.15) is 6.04 Å². The quantitative estimate of drug-likeness (QED) is 0.392. The Morgan fingerprint density at radius 2 is 2.43 bits per heavy atom. The van der Waals surface area contributed by atoms with Crippen LogP contribution in [0, 0.1) is 17.9 Å². The third kappa shape index (κ3) is 12.8. The first kappa shape index (κ1) is 14.7. The van der Waals surface area contributed by atoms with Crippen LogP contribution in [0.5, 0.6) is 0 Å². The van der Waals surface area contributed by atoms with E-state index in [2.05, 4.69) is 16.7 Å². The molecular weight excluding hydrogens is 182 g/mol. The van der Waals surface area contributed by atoms with Crippen molar-refractivity contribution < 1.29 is 9.90 Å². The minimum absolute atomic E-state index is 0.331. The normalized spacial score (nSPS) is 9.64. The van der Waals surface area contributed by atoms with E-state index >= 15 is 0 Å². The van der Waals surface area contributed by atoms with Gasteiger partial charge >= 0.3 is 5.97 Å². The number of rotatable bonds is 4. The molecule has 0 fully saturated rings. The van der Waals surface area contributed by atoms with Crippen LogP contribution in [0.2, 0.25) is 0 Å². The second-order valence-corrected chi connectivity index (χ2v) is 2.23. The summed E-state index contributed by atoms with van der Waals surface area (Å²) in [5.74, 6) is -0.884. The number of nitrogens with zero attached hydrogens (tertiary/aromatic N) is 2. The maximum atomic E-state index is 10.2. The van der Waals surface area contributed by atoms with E-state index in [4.69, 9.17) is 16.9 Å². The zero-order chi connectivity index (χ0) is 11.4. The number of carboxylic acids is 1. The van der Waals surface area contributed by atoms with Crippen molar-refractivity contribution in [1.29, 1.82) is 5.26 Å². The minimum atomic E-state index is -0.884. The maximum absolute atomic E-state index is 10.2. The molecule has 0 saturated carbocycles. The summed E-state index contributed by atoms with van der Waals surface area (Å²) in [5.41, 5.74) is 0. The van der Waals surface area contributed by atoms with Crippen molar-refractivity contribution in [3.05, 3.63) is 24.1 Å². The molecule has 0 aromatic rings. The Labute approximate surface area is 83.5 Å². The van der Waals surface area contributed by atoms with Crippen molar-refractivity contribution in [2.75, 3.05) is 13.1 Å². The third-order valence-electron chi connectivity index (χ3n) is 1.14. The van der Waals surface area contributed by atoms with Crippen molar-refractivity contribution in [3.8, 4) is 6.07 Å². The van der Waals surface area contributed by atoms with Gasteiger partial charge in [-0.1, -0.05) is 6.58 Å². The highest BCUT2D eigenvalue weighted by atomic mass is 16.4. The predicted molar refractivity (Wildman–Crippen MR) is 52.4 cm³/mol. The fraction of sp³-hybridized carbons (Fsp3) is 0.444. The summed E-state index contributed by atoms with van der Waals surface area (Å²) in [7, 11) is 0. The summed E-state index contributed by atoms with van der Waals surface area (Å²) in [4.78, 5) is 13.2. The highest BCUT2D eigenvalue weighted by molar-refractivity contribution is 5.72. The lowest BCUT2D eigenvalue weighted by Gasteiger charge is -2.03. The molecule has 0 bridgehead atoms. The average Bonchev–Trinajstić information content (AvgIpc) is 2.18. The number of allylic oxidation sites excluding steroid dienone is 1. The second kappa shape index (κ2) is 11.2. The SMILES string of the molecule is C=CC#N.[C-]#[N+]CCNC(C)C(=O)O. The first-order valence-corrected chi connectivity index (χ1v) is 3.90. The first-order valence-electron chi connectivity index (χ1n) is 3.90. The molecule has 1 atom stereocenters. The van der Waals surface area contributed by atoms with Gasteiger partial charge in [0.15, 0.2) is 0 Å². The molecule has 0 rings (SSSR count). The molecule has 0 radical (unpaired) electrons. The zero-order valence-electron chi connectivity index (χ0n) is 8.03. The summed E-state index contributed by atoms with van der Waals surface area (Å²) in [6, 6.07) is 1.14. The summed E-state index contributed by atoms with van der Waals surface area (Å²) >= 11 is 0. The predicted octanol–water partition coefficient (Wildman–Crippen LogP) is 0.664. The summed E-state index contributed by atoms with van der Waals surface area (Å²) in [6.07, 6.45) is 1.18. The van der Waals surface area contributed by atoms with Crippen LogP contribution in [0.1, 0.15) is 6.92 Å². The molecule has 0 heterocycles. The molecule has 0 saturated heterocycles. The van der Waals surface area contributed by atoms with E-state index in [1.54, 1.807) is 13.0 Å². The van der Waals surface area contributed by atoms with E-state index in [0.29, 0.717) is 13.1 Å². The summed E-state index contributed by atoms with van der Waals surface area (Å²) in [5, 5.41) is 18.5. The van der Waals surface area contributed by atoms with Gasteiger partial charge < -0.3 is 9.95 Å². The zero-order valence-corrected chi connectivity index (χ0v) is 8.03. The lowest BCUT2D eigenvalue weighted by atomic mass is 10.3. The van der Waals surface area contributed by atoms with Gasteiger partial charge in [-0.15, -0.1) is 0 Å². The number of carboxylic acid groups (broad SMARTS) is 1. The van der Waals surface area contributed by atoms with Crippen LogP contribution >= 0.6 is 0 Å². The lowest BCUT2D eigenvalue weighted by molar-refractivity contribution is -0.138. The molecule has 0 aliphatic rings. The highest BCUT2D eigenvalue weighted by Gasteiger charge is 2.08. The molecule has 0 spiro atoms. The molecule has 2 N–H and O–H groups in total. The summed E-state index contributed by atoms with van der Waals surface area (Å²) < 4.78 is 0. The van der Waals surface area contributed by atoms with E-state index in [1.807, 2.05) is 0 Å². The molecule has 14 heavy (non-hydrogen) atoms. The Kier molecular flexibility index (Phi) is 11.7. The van der Waals surface area contributed by atoms with Crippen molar-refractivity contribution in [1.82, 2.24) is 5.32 Å². The number of hydrogen-bond donors (Lipinski definition) is 2. The Morgan fingerprint density at radius 3 is 2.71 bits per heavy atom. The number of nitriles is 1. The Morgan fingerprint density at radius 1 is 1.93 bits per heavy atom. The van der Waals surface area contributed by atoms with E-state index in [1.165, 1.54) is 6.08 Å². The van der Waals surface area contributed by atoms with E-state index in [-0.39, 0.29) is 0 Å². The molecule has 1 unspecified atom stereocenters. The van der Waals surface area contributed by atoms with Crippen LogP contribution < -0.4 is 5.32 Å². The fourth-order valence-corrected chi connectivity index (χ4v) is 0.424. The molecule has 0 aliphatic heterocycles. The van der Waals surface area contributed by atoms with Gasteiger partial charge in [0.25, 0.3) is 0 Å². The Bertz CT molecular complexity index is 250. The highest BCUT2D eigenvalue weighted by Crippen LogP contribution is 1.79.